The number of carbonyl (C=O) groups is 2. The number of benzene rings is 1. The topological polar surface area (TPSA) is 59.5 Å². The number of carbonyl (C=O) groups excluding carboxylic acids is 2. The van der Waals surface area contributed by atoms with Crippen LogP contribution in [0.2, 0.25) is 0 Å². The Kier molecular flexibility index (Phi) is 5.25. The van der Waals surface area contributed by atoms with Gasteiger partial charge in [-0.3, -0.25) is 9.78 Å². The Morgan fingerprint density at radius 3 is 2.55 bits per heavy atom. The monoisotopic (exact) mass is 298 g/mol. The van der Waals surface area contributed by atoms with Crippen LogP contribution in [0.4, 0.5) is 5.69 Å². The average molecular weight is 298 g/mol. The normalized spacial score (nSPS) is 10.1. The van der Waals surface area contributed by atoms with Gasteiger partial charge < -0.3 is 9.64 Å². The van der Waals surface area contributed by atoms with Crippen molar-refractivity contribution in [3.8, 4) is 0 Å². The molecule has 0 atom stereocenters. The highest BCUT2D eigenvalue weighted by molar-refractivity contribution is 6.09. The molecule has 0 aliphatic carbocycles. The van der Waals surface area contributed by atoms with Crippen LogP contribution in [0.3, 0.4) is 0 Å². The third-order valence-electron chi connectivity index (χ3n) is 3.16. The van der Waals surface area contributed by atoms with Gasteiger partial charge in [-0.15, -0.1) is 0 Å². The summed E-state index contributed by atoms with van der Waals surface area (Å²) >= 11 is 0. The second-order valence-electron chi connectivity index (χ2n) is 4.53. The minimum Gasteiger partial charge on any atom is -0.462 e. The number of hydrogen-bond donors (Lipinski definition) is 0. The molecule has 0 aliphatic rings. The van der Waals surface area contributed by atoms with Crippen molar-refractivity contribution in [1.29, 1.82) is 0 Å². The molecule has 5 nitrogen and oxygen atoms in total. The Morgan fingerprint density at radius 1 is 1.14 bits per heavy atom. The molecule has 0 saturated carbocycles. The van der Waals surface area contributed by atoms with E-state index in [2.05, 4.69) is 4.98 Å². The van der Waals surface area contributed by atoms with Gasteiger partial charge in [0.05, 0.1) is 23.4 Å². The van der Waals surface area contributed by atoms with Crippen molar-refractivity contribution in [2.24, 2.45) is 0 Å². The number of amides is 1. The quantitative estimate of drug-likeness (QED) is 0.796. The molecular formula is C17H18N2O3. The molecule has 5 heteroatoms. The van der Waals surface area contributed by atoms with Crippen molar-refractivity contribution in [1.82, 2.24) is 4.98 Å². The summed E-state index contributed by atoms with van der Waals surface area (Å²) in [5.41, 5.74) is 1.39. The van der Waals surface area contributed by atoms with E-state index in [-0.39, 0.29) is 12.5 Å². The average Bonchev–Trinajstić information content (AvgIpc) is 2.57. The Hall–Kier alpha value is -2.69. The molecule has 2 rings (SSSR count). The fourth-order valence-corrected chi connectivity index (χ4v) is 2.16. The molecule has 0 N–H and O–H groups in total. The van der Waals surface area contributed by atoms with Crippen LogP contribution in [0.25, 0.3) is 0 Å². The van der Waals surface area contributed by atoms with Crippen LogP contribution in [-0.4, -0.2) is 30.0 Å². The van der Waals surface area contributed by atoms with Crippen LogP contribution in [0.15, 0.2) is 48.8 Å². The zero-order valence-corrected chi connectivity index (χ0v) is 12.7. The maximum absolute atomic E-state index is 12.6. The number of ether oxygens (including phenoxy) is 1. The molecule has 0 spiro atoms. The molecule has 0 aliphatic heterocycles. The summed E-state index contributed by atoms with van der Waals surface area (Å²) in [4.78, 5) is 30.2. The smallest absolute Gasteiger partial charge is 0.340 e. The number of hydrogen-bond acceptors (Lipinski definition) is 4. The van der Waals surface area contributed by atoms with Crippen molar-refractivity contribution in [3.05, 3.63) is 59.9 Å². The Labute approximate surface area is 129 Å². The summed E-state index contributed by atoms with van der Waals surface area (Å²) in [7, 11) is 0. The van der Waals surface area contributed by atoms with Gasteiger partial charge in [-0.05, 0) is 38.1 Å². The third kappa shape index (κ3) is 3.31. The molecule has 0 saturated heterocycles. The van der Waals surface area contributed by atoms with Gasteiger partial charge in [0.1, 0.15) is 0 Å². The molecule has 22 heavy (non-hydrogen) atoms. The summed E-state index contributed by atoms with van der Waals surface area (Å²) in [6.07, 6.45) is 3.12. The second kappa shape index (κ2) is 7.36. The standard InChI is InChI=1S/C17H18N2O3/c1-3-19(16(20)13-8-7-11-18-12-13)15-10-6-5-9-14(15)17(21)22-4-2/h5-12H,3-4H2,1-2H3. The van der Waals surface area contributed by atoms with Gasteiger partial charge in [0, 0.05) is 18.9 Å². The number of rotatable bonds is 5. The number of esters is 1. The molecule has 2 aromatic rings. The highest BCUT2D eigenvalue weighted by Crippen LogP contribution is 2.23. The fraction of sp³-hybridized carbons (Fsp3) is 0.235. The zero-order valence-electron chi connectivity index (χ0n) is 12.7. The van der Waals surface area contributed by atoms with Crippen molar-refractivity contribution in [2.75, 3.05) is 18.1 Å². The van der Waals surface area contributed by atoms with E-state index >= 15 is 0 Å². The molecule has 0 unspecified atom stereocenters. The van der Waals surface area contributed by atoms with Gasteiger partial charge in [0.25, 0.3) is 5.91 Å². The Balaban J connectivity index is 2.40. The SMILES string of the molecule is CCOC(=O)c1ccccc1N(CC)C(=O)c1cccnc1. The van der Waals surface area contributed by atoms with Gasteiger partial charge >= 0.3 is 5.97 Å². The summed E-state index contributed by atoms with van der Waals surface area (Å²) < 4.78 is 5.06. The Morgan fingerprint density at radius 2 is 1.91 bits per heavy atom. The fourth-order valence-electron chi connectivity index (χ4n) is 2.16. The van der Waals surface area contributed by atoms with E-state index in [1.165, 1.54) is 6.20 Å². The largest absolute Gasteiger partial charge is 0.462 e. The predicted molar refractivity (Wildman–Crippen MR) is 84.0 cm³/mol. The van der Waals surface area contributed by atoms with Gasteiger partial charge in [0.15, 0.2) is 0 Å². The van der Waals surface area contributed by atoms with E-state index in [0.29, 0.717) is 23.4 Å². The van der Waals surface area contributed by atoms with Gasteiger partial charge in [-0.25, -0.2) is 4.79 Å². The summed E-state index contributed by atoms with van der Waals surface area (Å²) in [6.45, 7) is 4.33. The molecule has 0 bridgehead atoms. The minimum absolute atomic E-state index is 0.202. The van der Waals surface area contributed by atoms with Crippen LogP contribution in [0.5, 0.6) is 0 Å². The number of nitrogens with zero attached hydrogens (tertiary/aromatic N) is 2. The maximum atomic E-state index is 12.6. The first-order valence-corrected chi connectivity index (χ1v) is 7.17. The number of anilines is 1. The minimum atomic E-state index is -0.435. The zero-order chi connectivity index (χ0) is 15.9. The second-order valence-corrected chi connectivity index (χ2v) is 4.53. The van der Waals surface area contributed by atoms with E-state index in [4.69, 9.17) is 4.74 Å². The van der Waals surface area contributed by atoms with E-state index in [9.17, 15) is 9.59 Å². The lowest BCUT2D eigenvalue weighted by molar-refractivity contribution is 0.0527. The van der Waals surface area contributed by atoms with Crippen molar-refractivity contribution in [3.63, 3.8) is 0 Å². The molecule has 1 amide bonds. The molecule has 1 aromatic carbocycles. The van der Waals surface area contributed by atoms with Gasteiger partial charge in [-0.2, -0.15) is 0 Å². The highest BCUT2D eigenvalue weighted by Gasteiger charge is 2.22. The lowest BCUT2D eigenvalue weighted by atomic mass is 10.1. The number of para-hydroxylation sites is 1. The maximum Gasteiger partial charge on any atom is 0.340 e. The molecule has 114 valence electrons. The van der Waals surface area contributed by atoms with Crippen LogP contribution in [0, 0.1) is 0 Å². The molecule has 0 radical (unpaired) electrons. The van der Waals surface area contributed by atoms with E-state index in [1.807, 2.05) is 6.92 Å². The van der Waals surface area contributed by atoms with Crippen molar-refractivity contribution in [2.45, 2.75) is 13.8 Å². The third-order valence-corrected chi connectivity index (χ3v) is 3.16. The number of aromatic nitrogens is 1. The van der Waals surface area contributed by atoms with E-state index in [0.717, 1.165) is 0 Å². The molecular weight excluding hydrogens is 280 g/mol. The molecule has 0 fully saturated rings. The predicted octanol–water partition coefficient (Wildman–Crippen LogP) is 2.93. The Bertz CT molecular complexity index is 656. The lowest BCUT2D eigenvalue weighted by Gasteiger charge is -2.23. The van der Waals surface area contributed by atoms with Crippen LogP contribution in [-0.2, 0) is 4.74 Å². The summed E-state index contributed by atoms with van der Waals surface area (Å²) in [5, 5.41) is 0. The van der Waals surface area contributed by atoms with Crippen LogP contribution >= 0.6 is 0 Å². The lowest BCUT2D eigenvalue weighted by Crippen LogP contribution is -2.32. The highest BCUT2D eigenvalue weighted by atomic mass is 16.5. The van der Waals surface area contributed by atoms with E-state index in [1.54, 1.807) is 54.4 Å². The van der Waals surface area contributed by atoms with Crippen molar-refractivity contribution >= 4 is 17.6 Å². The molecule has 1 aromatic heterocycles. The van der Waals surface area contributed by atoms with Crippen molar-refractivity contribution < 1.29 is 14.3 Å². The first-order valence-electron chi connectivity index (χ1n) is 7.17. The van der Waals surface area contributed by atoms with E-state index < -0.39 is 5.97 Å². The van der Waals surface area contributed by atoms with Crippen LogP contribution < -0.4 is 4.90 Å². The first kappa shape index (κ1) is 15.7. The summed E-state index contributed by atoms with van der Waals surface area (Å²) in [6, 6.07) is 10.3. The first-order chi connectivity index (χ1) is 10.7. The van der Waals surface area contributed by atoms with Crippen LogP contribution in [0.1, 0.15) is 34.6 Å². The number of pyridine rings is 1. The summed E-state index contributed by atoms with van der Waals surface area (Å²) in [5.74, 6) is -0.636. The molecule has 1 heterocycles. The van der Waals surface area contributed by atoms with Gasteiger partial charge in [0.2, 0.25) is 0 Å². The van der Waals surface area contributed by atoms with Gasteiger partial charge in [-0.1, -0.05) is 12.1 Å².